The van der Waals surface area contributed by atoms with Gasteiger partial charge < -0.3 is 10.6 Å². The molecule has 1 heterocycles. The summed E-state index contributed by atoms with van der Waals surface area (Å²) in [6.45, 7) is 6.70. The van der Waals surface area contributed by atoms with Crippen LogP contribution in [0, 0.1) is 0 Å². The Hall–Kier alpha value is -1.02. The number of anilines is 1. The molecule has 1 aromatic rings. The molecule has 0 radical (unpaired) electrons. The van der Waals surface area contributed by atoms with Crippen molar-refractivity contribution < 1.29 is 0 Å². The van der Waals surface area contributed by atoms with E-state index in [0.29, 0.717) is 6.04 Å². The fraction of sp³-hybridized carbons (Fsp3) is 0.667. The van der Waals surface area contributed by atoms with Gasteiger partial charge in [-0.2, -0.15) is 0 Å². The van der Waals surface area contributed by atoms with Gasteiger partial charge in [-0.25, -0.2) is 0 Å². The summed E-state index contributed by atoms with van der Waals surface area (Å²) >= 11 is 0. The fourth-order valence-electron chi connectivity index (χ4n) is 2.99. The maximum absolute atomic E-state index is 3.69. The number of aryl methyl sites for hydroxylation is 1. The Morgan fingerprint density at radius 3 is 3.00 bits per heavy atom. The van der Waals surface area contributed by atoms with Crippen LogP contribution in [-0.4, -0.2) is 12.6 Å². The summed E-state index contributed by atoms with van der Waals surface area (Å²) in [6, 6.07) is 7.34. The van der Waals surface area contributed by atoms with Gasteiger partial charge in [-0.05, 0) is 37.3 Å². The molecule has 1 aliphatic rings. The lowest BCUT2D eigenvalue weighted by molar-refractivity contribution is 0.483. The number of fused-ring (bicyclic) bond motifs is 1. The third-order valence-corrected chi connectivity index (χ3v) is 4.29. The van der Waals surface area contributed by atoms with Crippen molar-refractivity contribution >= 4 is 5.69 Å². The SMILES string of the molecule is CCCCCCC(C)NCc1cccc2c1NCCC2. The zero-order chi connectivity index (χ0) is 14.2. The Morgan fingerprint density at radius 1 is 1.25 bits per heavy atom. The molecule has 0 aliphatic carbocycles. The van der Waals surface area contributed by atoms with Crippen LogP contribution in [0.25, 0.3) is 0 Å². The van der Waals surface area contributed by atoms with E-state index < -0.39 is 0 Å². The van der Waals surface area contributed by atoms with E-state index in [-0.39, 0.29) is 0 Å². The second-order valence-electron chi connectivity index (χ2n) is 6.11. The minimum Gasteiger partial charge on any atom is -0.385 e. The summed E-state index contributed by atoms with van der Waals surface area (Å²) < 4.78 is 0. The molecule has 2 rings (SSSR count). The molecule has 2 nitrogen and oxygen atoms in total. The van der Waals surface area contributed by atoms with Crippen LogP contribution in [0.15, 0.2) is 18.2 Å². The van der Waals surface area contributed by atoms with Gasteiger partial charge in [0.2, 0.25) is 0 Å². The smallest absolute Gasteiger partial charge is 0.0418 e. The van der Waals surface area contributed by atoms with Gasteiger partial charge >= 0.3 is 0 Å². The molecule has 0 saturated carbocycles. The van der Waals surface area contributed by atoms with E-state index in [1.807, 2.05) is 0 Å². The molecule has 0 fully saturated rings. The summed E-state index contributed by atoms with van der Waals surface area (Å²) in [6.07, 6.45) is 9.22. The average Bonchev–Trinajstić information content (AvgIpc) is 2.49. The highest BCUT2D eigenvalue weighted by atomic mass is 14.9. The van der Waals surface area contributed by atoms with Crippen molar-refractivity contribution in [3.8, 4) is 0 Å². The first-order valence-electron chi connectivity index (χ1n) is 8.39. The van der Waals surface area contributed by atoms with Crippen LogP contribution < -0.4 is 10.6 Å². The van der Waals surface area contributed by atoms with Crippen molar-refractivity contribution in [1.29, 1.82) is 0 Å². The average molecular weight is 274 g/mol. The Bertz CT molecular complexity index is 400. The molecule has 1 unspecified atom stereocenters. The second kappa shape index (κ2) is 8.31. The first kappa shape index (κ1) is 15.4. The molecule has 20 heavy (non-hydrogen) atoms. The number of para-hydroxylation sites is 1. The van der Waals surface area contributed by atoms with E-state index in [2.05, 4.69) is 42.7 Å². The molecule has 2 heteroatoms. The Labute approximate surface area is 124 Å². The van der Waals surface area contributed by atoms with Gasteiger partial charge in [0.25, 0.3) is 0 Å². The van der Waals surface area contributed by atoms with Gasteiger partial charge in [0.1, 0.15) is 0 Å². The van der Waals surface area contributed by atoms with Crippen molar-refractivity contribution in [2.75, 3.05) is 11.9 Å². The number of hydrogen-bond acceptors (Lipinski definition) is 2. The van der Waals surface area contributed by atoms with Gasteiger partial charge in [0.15, 0.2) is 0 Å². The predicted octanol–water partition coefficient (Wildman–Crippen LogP) is 4.49. The van der Waals surface area contributed by atoms with Crippen LogP contribution in [0.2, 0.25) is 0 Å². The summed E-state index contributed by atoms with van der Waals surface area (Å²) in [7, 11) is 0. The Balaban J connectivity index is 1.79. The van der Waals surface area contributed by atoms with Crippen LogP contribution in [0.4, 0.5) is 5.69 Å². The Morgan fingerprint density at radius 2 is 2.15 bits per heavy atom. The highest BCUT2D eigenvalue weighted by Gasteiger charge is 2.12. The van der Waals surface area contributed by atoms with Crippen molar-refractivity contribution in [2.24, 2.45) is 0 Å². The molecule has 0 saturated heterocycles. The molecular formula is C18H30N2. The maximum Gasteiger partial charge on any atom is 0.0418 e. The number of rotatable bonds is 8. The lowest BCUT2D eigenvalue weighted by Crippen LogP contribution is -2.26. The first-order valence-corrected chi connectivity index (χ1v) is 8.39. The normalized spacial score (nSPS) is 15.5. The third-order valence-electron chi connectivity index (χ3n) is 4.29. The van der Waals surface area contributed by atoms with E-state index in [4.69, 9.17) is 0 Å². The van der Waals surface area contributed by atoms with E-state index >= 15 is 0 Å². The third kappa shape index (κ3) is 4.52. The number of unbranched alkanes of at least 4 members (excludes halogenated alkanes) is 3. The van der Waals surface area contributed by atoms with E-state index in [9.17, 15) is 0 Å². The van der Waals surface area contributed by atoms with Crippen LogP contribution in [-0.2, 0) is 13.0 Å². The van der Waals surface area contributed by atoms with Crippen molar-refractivity contribution in [2.45, 2.75) is 71.4 Å². The summed E-state index contributed by atoms with van der Waals surface area (Å²) in [4.78, 5) is 0. The Kier molecular flexibility index (Phi) is 6.38. The highest BCUT2D eigenvalue weighted by molar-refractivity contribution is 5.59. The highest BCUT2D eigenvalue weighted by Crippen LogP contribution is 2.26. The molecule has 1 aliphatic heterocycles. The van der Waals surface area contributed by atoms with Crippen molar-refractivity contribution in [1.82, 2.24) is 5.32 Å². The van der Waals surface area contributed by atoms with Crippen molar-refractivity contribution in [3.05, 3.63) is 29.3 Å². The lowest BCUT2D eigenvalue weighted by Gasteiger charge is -2.22. The maximum atomic E-state index is 3.69. The molecule has 0 spiro atoms. The van der Waals surface area contributed by atoms with Crippen molar-refractivity contribution in [3.63, 3.8) is 0 Å². The van der Waals surface area contributed by atoms with Crippen LogP contribution in [0.5, 0.6) is 0 Å². The van der Waals surface area contributed by atoms with Crippen LogP contribution >= 0.6 is 0 Å². The largest absolute Gasteiger partial charge is 0.385 e. The number of benzene rings is 1. The predicted molar refractivity (Wildman–Crippen MR) is 88.3 cm³/mol. The fourth-order valence-corrected chi connectivity index (χ4v) is 2.99. The standard InChI is InChI=1S/C18H30N2/c1-3-4-5-6-9-15(2)20-14-17-11-7-10-16-12-8-13-19-18(16)17/h7,10-11,15,19-20H,3-6,8-9,12-14H2,1-2H3. The van der Waals surface area contributed by atoms with E-state index in [1.165, 1.54) is 61.8 Å². The van der Waals surface area contributed by atoms with E-state index in [0.717, 1.165) is 13.1 Å². The second-order valence-corrected chi connectivity index (χ2v) is 6.11. The lowest BCUT2D eigenvalue weighted by atomic mass is 9.99. The number of nitrogens with one attached hydrogen (secondary N) is 2. The monoisotopic (exact) mass is 274 g/mol. The minimum absolute atomic E-state index is 0.617. The molecule has 1 aromatic carbocycles. The topological polar surface area (TPSA) is 24.1 Å². The summed E-state index contributed by atoms with van der Waals surface area (Å²) in [5, 5.41) is 7.26. The molecule has 0 aromatic heterocycles. The molecular weight excluding hydrogens is 244 g/mol. The van der Waals surface area contributed by atoms with Crippen LogP contribution in [0.1, 0.15) is 63.5 Å². The minimum atomic E-state index is 0.617. The van der Waals surface area contributed by atoms with Gasteiger partial charge in [-0.15, -0.1) is 0 Å². The summed E-state index contributed by atoms with van der Waals surface area (Å²) in [5.74, 6) is 0. The van der Waals surface area contributed by atoms with E-state index in [1.54, 1.807) is 0 Å². The molecule has 112 valence electrons. The quantitative estimate of drug-likeness (QED) is 0.682. The van der Waals surface area contributed by atoms with Gasteiger partial charge in [-0.1, -0.05) is 50.8 Å². The van der Waals surface area contributed by atoms with Gasteiger partial charge in [-0.3, -0.25) is 0 Å². The molecule has 0 bridgehead atoms. The van der Waals surface area contributed by atoms with Gasteiger partial charge in [0, 0.05) is 24.8 Å². The van der Waals surface area contributed by atoms with Crippen LogP contribution in [0.3, 0.4) is 0 Å². The number of hydrogen-bond donors (Lipinski definition) is 2. The molecule has 1 atom stereocenters. The molecule has 2 N–H and O–H groups in total. The summed E-state index contributed by atoms with van der Waals surface area (Å²) in [5.41, 5.74) is 4.32. The zero-order valence-electron chi connectivity index (χ0n) is 13.2. The molecule has 0 amide bonds. The first-order chi connectivity index (χ1) is 9.81. The zero-order valence-corrected chi connectivity index (χ0v) is 13.2. The van der Waals surface area contributed by atoms with Gasteiger partial charge in [0.05, 0.1) is 0 Å².